The largest absolute Gasteiger partial charge is 0.368 e. The van der Waals surface area contributed by atoms with E-state index < -0.39 is 0 Å². The minimum absolute atomic E-state index is 0.210. The van der Waals surface area contributed by atoms with E-state index in [1.165, 1.54) is 5.56 Å². The van der Waals surface area contributed by atoms with E-state index in [0.717, 1.165) is 12.4 Å². The Hall–Kier alpha value is -1.09. The first-order chi connectivity index (χ1) is 6.88. The number of nitrogens with one attached hydrogen (secondary N) is 1. The summed E-state index contributed by atoms with van der Waals surface area (Å²) in [5.74, 6) is 1.41. The summed E-state index contributed by atoms with van der Waals surface area (Å²) in [6, 6.07) is 4.10. The van der Waals surface area contributed by atoms with E-state index in [4.69, 9.17) is 5.73 Å². The van der Waals surface area contributed by atoms with Crippen LogP contribution in [0.3, 0.4) is 0 Å². The monoisotopic (exact) mass is 207 g/mol. The van der Waals surface area contributed by atoms with Crippen LogP contribution in [0.4, 0.5) is 5.82 Å². The van der Waals surface area contributed by atoms with E-state index in [2.05, 4.69) is 30.2 Å². The lowest BCUT2D eigenvalue weighted by Crippen LogP contribution is -2.39. The summed E-state index contributed by atoms with van der Waals surface area (Å²) in [6.07, 6.45) is 1.91. The van der Waals surface area contributed by atoms with Crippen molar-refractivity contribution < 1.29 is 0 Å². The lowest BCUT2D eigenvalue weighted by Gasteiger charge is -2.19. The summed E-state index contributed by atoms with van der Waals surface area (Å²) >= 11 is 0. The first kappa shape index (κ1) is 12.0. The minimum Gasteiger partial charge on any atom is -0.368 e. The summed E-state index contributed by atoms with van der Waals surface area (Å²) in [6.45, 7) is 9.02. The molecule has 0 saturated carbocycles. The molecule has 3 heteroatoms. The van der Waals surface area contributed by atoms with Crippen molar-refractivity contribution in [3.8, 4) is 0 Å². The number of hydrogen-bond acceptors (Lipinski definition) is 3. The van der Waals surface area contributed by atoms with E-state index in [1.54, 1.807) is 0 Å². The second-order valence-electron chi connectivity index (χ2n) is 4.97. The van der Waals surface area contributed by atoms with Crippen molar-refractivity contribution in [2.45, 2.75) is 39.2 Å². The van der Waals surface area contributed by atoms with Gasteiger partial charge in [-0.2, -0.15) is 0 Å². The fraction of sp³-hybridized carbons (Fsp3) is 0.583. The number of rotatable bonds is 4. The van der Waals surface area contributed by atoms with Crippen LogP contribution in [0.5, 0.6) is 0 Å². The van der Waals surface area contributed by atoms with Crippen LogP contribution in [0.2, 0.25) is 0 Å². The lowest BCUT2D eigenvalue weighted by molar-refractivity contribution is 0.548. The maximum absolute atomic E-state index is 5.87. The molecule has 3 nitrogen and oxygen atoms in total. The Morgan fingerprint density at radius 2 is 2.07 bits per heavy atom. The quantitative estimate of drug-likeness (QED) is 0.797. The van der Waals surface area contributed by atoms with E-state index in [0.29, 0.717) is 5.92 Å². The highest BCUT2D eigenvalue weighted by atomic mass is 15.0. The highest BCUT2D eigenvalue weighted by molar-refractivity contribution is 5.36. The standard InChI is InChI=1S/C12H21N3/c1-9(2)10-5-6-11(14-7-10)15-8-12(3,4)13/h5-7,9H,8,13H2,1-4H3,(H,14,15). The summed E-state index contributed by atoms with van der Waals surface area (Å²) in [4.78, 5) is 4.34. The fourth-order valence-corrected chi connectivity index (χ4v) is 1.17. The van der Waals surface area contributed by atoms with E-state index in [1.807, 2.05) is 26.1 Å². The van der Waals surface area contributed by atoms with Gasteiger partial charge in [-0.05, 0) is 31.4 Å². The van der Waals surface area contributed by atoms with E-state index in [9.17, 15) is 0 Å². The zero-order valence-electron chi connectivity index (χ0n) is 10.0. The van der Waals surface area contributed by atoms with Crippen LogP contribution in [-0.2, 0) is 0 Å². The maximum Gasteiger partial charge on any atom is 0.125 e. The average Bonchev–Trinajstić information content (AvgIpc) is 2.14. The van der Waals surface area contributed by atoms with Crippen LogP contribution in [0, 0.1) is 0 Å². The van der Waals surface area contributed by atoms with Crippen molar-refractivity contribution in [3.63, 3.8) is 0 Å². The van der Waals surface area contributed by atoms with Gasteiger partial charge in [0.05, 0.1) is 0 Å². The number of anilines is 1. The zero-order chi connectivity index (χ0) is 11.5. The van der Waals surface area contributed by atoms with Gasteiger partial charge < -0.3 is 11.1 Å². The van der Waals surface area contributed by atoms with Gasteiger partial charge in [0.1, 0.15) is 5.82 Å². The molecule has 0 saturated heterocycles. The third-order valence-electron chi connectivity index (χ3n) is 2.18. The molecule has 0 aliphatic heterocycles. The Balaban J connectivity index is 2.57. The van der Waals surface area contributed by atoms with E-state index >= 15 is 0 Å². The van der Waals surface area contributed by atoms with Gasteiger partial charge >= 0.3 is 0 Å². The molecule has 84 valence electrons. The van der Waals surface area contributed by atoms with Crippen LogP contribution in [0.15, 0.2) is 18.3 Å². The summed E-state index contributed by atoms with van der Waals surface area (Å²) < 4.78 is 0. The van der Waals surface area contributed by atoms with Crippen molar-refractivity contribution in [2.75, 3.05) is 11.9 Å². The lowest BCUT2D eigenvalue weighted by atomic mass is 10.1. The Bertz CT molecular complexity index is 296. The van der Waals surface area contributed by atoms with Gasteiger partial charge in [-0.3, -0.25) is 0 Å². The van der Waals surface area contributed by atoms with Crippen LogP contribution >= 0.6 is 0 Å². The highest BCUT2D eigenvalue weighted by Gasteiger charge is 2.09. The molecule has 0 aliphatic carbocycles. The number of pyridine rings is 1. The summed E-state index contributed by atoms with van der Waals surface area (Å²) in [7, 11) is 0. The molecule has 15 heavy (non-hydrogen) atoms. The van der Waals surface area contributed by atoms with Gasteiger partial charge in [-0.1, -0.05) is 19.9 Å². The molecule has 0 radical (unpaired) electrons. The van der Waals surface area contributed by atoms with Gasteiger partial charge in [0.15, 0.2) is 0 Å². The number of nitrogens with two attached hydrogens (primary N) is 1. The smallest absolute Gasteiger partial charge is 0.125 e. The van der Waals surface area contributed by atoms with Crippen LogP contribution < -0.4 is 11.1 Å². The minimum atomic E-state index is -0.210. The fourth-order valence-electron chi connectivity index (χ4n) is 1.17. The molecule has 0 spiro atoms. The van der Waals surface area contributed by atoms with Crippen LogP contribution in [0.1, 0.15) is 39.2 Å². The molecule has 1 aromatic rings. The summed E-state index contributed by atoms with van der Waals surface area (Å²) in [5.41, 5.74) is 6.92. The number of hydrogen-bond donors (Lipinski definition) is 2. The third-order valence-corrected chi connectivity index (χ3v) is 2.18. The highest BCUT2D eigenvalue weighted by Crippen LogP contribution is 2.14. The van der Waals surface area contributed by atoms with Crippen molar-refractivity contribution in [3.05, 3.63) is 23.9 Å². The Morgan fingerprint density at radius 3 is 2.47 bits per heavy atom. The third kappa shape index (κ3) is 4.30. The maximum atomic E-state index is 5.87. The number of aromatic nitrogens is 1. The molecular formula is C12H21N3. The van der Waals surface area contributed by atoms with Crippen LogP contribution in [-0.4, -0.2) is 17.1 Å². The van der Waals surface area contributed by atoms with E-state index in [-0.39, 0.29) is 5.54 Å². The first-order valence-electron chi connectivity index (χ1n) is 5.37. The molecule has 1 aromatic heterocycles. The topological polar surface area (TPSA) is 50.9 Å². The molecule has 1 rings (SSSR count). The second-order valence-corrected chi connectivity index (χ2v) is 4.97. The van der Waals surface area contributed by atoms with Gasteiger partial charge in [0.2, 0.25) is 0 Å². The molecule has 0 aromatic carbocycles. The average molecular weight is 207 g/mol. The molecule has 0 aliphatic rings. The molecule has 0 bridgehead atoms. The normalized spacial score (nSPS) is 11.9. The Morgan fingerprint density at radius 1 is 1.40 bits per heavy atom. The van der Waals surface area contributed by atoms with Gasteiger partial charge in [-0.25, -0.2) is 4.98 Å². The van der Waals surface area contributed by atoms with Crippen LogP contribution in [0.25, 0.3) is 0 Å². The second kappa shape index (κ2) is 4.62. The summed E-state index contributed by atoms with van der Waals surface area (Å²) in [5, 5.41) is 3.21. The van der Waals surface area contributed by atoms with Gasteiger partial charge in [-0.15, -0.1) is 0 Å². The zero-order valence-corrected chi connectivity index (χ0v) is 10.0. The Labute approximate surface area is 92.1 Å². The number of nitrogens with zero attached hydrogens (tertiary/aromatic N) is 1. The molecule has 0 unspecified atom stereocenters. The molecule has 3 N–H and O–H groups in total. The molecule has 0 atom stereocenters. The van der Waals surface area contributed by atoms with Crippen molar-refractivity contribution in [1.29, 1.82) is 0 Å². The first-order valence-corrected chi connectivity index (χ1v) is 5.37. The van der Waals surface area contributed by atoms with Crippen molar-refractivity contribution >= 4 is 5.82 Å². The SMILES string of the molecule is CC(C)c1ccc(NCC(C)(C)N)nc1. The molecular weight excluding hydrogens is 186 g/mol. The van der Waals surface area contributed by atoms with Gasteiger partial charge in [0, 0.05) is 18.3 Å². The van der Waals surface area contributed by atoms with Crippen molar-refractivity contribution in [1.82, 2.24) is 4.98 Å². The molecule has 0 fully saturated rings. The van der Waals surface area contributed by atoms with Gasteiger partial charge in [0.25, 0.3) is 0 Å². The molecule has 0 amide bonds. The van der Waals surface area contributed by atoms with Crippen molar-refractivity contribution in [2.24, 2.45) is 5.73 Å². The predicted octanol–water partition coefficient (Wildman–Crippen LogP) is 2.35. The predicted molar refractivity (Wildman–Crippen MR) is 65.1 cm³/mol. The molecule has 1 heterocycles. The Kier molecular flexibility index (Phi) is 3.69.